The largest absolute Gasteiger partial charge is 0.467 e. The normalized spacial score (nSPS) is 17.1. The predicted molar refractivity (Wildman–Crippen MR) is 95.6 cm³/mol. The van der Waals surface area contributed by atoms with Crippen LogP contribution >= 0.6 is 23.1 Å². The van der Waals surface area contributed by atoms with Crippen LogP contribution in [0.5, 0.6) is 0 Å². The van der Waals surface area contributed by atoms with Crippen LogP contribution in [0.4, 0.5) is 0 Å². The molecule has 0 spiro atoms. The Labute approximate surface area is 152 Å². The van der Waals surface area contributed by atoms with E-state index in [1.54, 1.807) is 17.6 Å². The average molecular weight is 373 g/mol. The van der Waals surface area contributed by atoms with E-state index in [0.29, 0.717) is 11.6 Å². The van der Waals surface area contributed by atoms with Gasteiger partial charge in [-0.15, -0.1) is 16.4 Å². The van der Waals surface area contributed by atoms with Crippen molar-refractivity contribution in [3.8, 4) is 0 Å². The maximum Gasteiger partial charge on any atom is 0.253 e. The van der Waals surface area contributed by atoms with Crippen molar-refractivity contribution >= 4 is 34.7 Å². The molecular formula is C16H15N5O2S2. The molecule has 1 N–H and O–H groups in total. The van der Waals surface area contributed by atoms with E-state index < -0.39 is 0 Å². The molecule has 1 unspecified atom stereocenters. The van der Waals surface area contributed by atoms with Crippen molar-refractivity contribution in [2.75, 3.05) is 5.75 Å². The topological polar surface area (TPSA) is 87.4 Å². The number of carbonyl (C=O) groups excluding carboxylic acids is 1. The van der Waals surface area contributed by atoms with Crippen molar-refractivity contribution in [2.24, 2.45) is 5.10 Å². The van der Waals surface area contributed by atoms with Gasteiger partial charge in [0.15, 0.2) is 0 Å². The Hall–Kier alpha value is -2.39. The lowest BCUT2D eigenvalue weighted by Crippen LogP contribution is -2.28. The van der Waals surface area contributed by atoms with Crippen molar-refractivity contribution in [3.63, 3.8) is 0 Å². The fourth-order valence-electron chi connectivity index (χ4n) is 2.61. The van der Waals surface area contributed by atoms with E-state index in [9.17, 15) is 4.79 Å². The summed E-state index contributed by atoms with van der Waals surface area (Å²) in [6.45, 7) is 1.82. The standard InChI is InChI=1S/C16H15N5O2S2/c1-10-17-16(19-18-10)25-9-15(22)21-12(13-4-2-6-23-13)8-11(20-21)14-5-3-7-24-14/h2-7,12H,8-9H2,1H3,(H,17,18,19). The molecule has 9 heteroatoms. The highest BCUT2D eigenvalue weighted by Gasteiger charge is 2.35. The van der Waals surface area contributed by atoms with E-state index >= 15 is 0 Å². The molecule has 7 nitrogen and oxygen atoms in total. The summed E-state index contributed by atoms with van der Waals surface area (Å²) in [6.07, 6.45) is 2.26. The summed E-state index contributed by atoms with van der Waals surface area (Å²) in [6, 6.07) is 7.49. The minimum atomic E-state index is -0.214. The number of rotatable bonds is 5. The number of aryl methyl sites for hydroxylation is 1. The molecular weight excluding hydrogens is 358 g/mol. The fourth-order valence-corrected chi connectivity index (χ4v) is 4.03. The number of nitrogens with one attached hydrogen (secondary N) is 1. The van der Waals surface area contributed by atoms with Crippen LogP contribution in [0, 0.1) is 6.92 Å². The number of amides is 1. The lowest BCUT2D eigenvalue weighted by atomic mass is 10.1. The van der Waals surface area contributed by atoms with Gasteiger partial charge in [-0.25, -0.2) is 9.99 Å². The number of carbonyl (C=O) groups is 1. The molecule has 0 aliphatic carbocycles. The summed E-state index contributed by atoms with van der Waals surface area (Å²) in [5.41, 5.74) is 0.906. The zero-order chi connectivity index (χ0) is 17.2. The van der Waals surface area contributed by atoms with Gasteiger partial charge in [-0.1, -0.05) is 17.8 Å². The number of thiophene rings is 1. The summed E-state index contributed by atoms with van der Waals surface area (Å²) in [5, 5.41) is 15.5. The molecule has 128 valence electrons. The van der Waals surface area contributed by atoms with E-state index in [-0.39, 0.29) is 17.7 Å². The Balaban J connectivity index is 1.53. The van der Waals surface area contributed by atoms with Crippen LogP contribution in [0.1, 0.15) is 28.9 Å². The van der Waals surface area contributed by atoms with Gasteiger partial charge in [-0.3, -0.25) is 9.89 Å². The zero-order valence-corrected chi connectivity index (χ0v) is 15.0. The van der Waals surface area contributed by atoms with Crippen molar-refractivity contribution in [3.05, 3.63) is 52.4 Å². The quantitative estimate of drug-likeness (QED) is 0.694. The number of H-pyrrole nitrogens is 1. The molecule has 4 rings (SSSR count). The number of nitrogens with zero attached hydrogens (tertiary/aromatic N) is 4. The third-order valence-corrected chi connectivity index (χ3v) is 5.50. The Morgan fingerprint density at radius 3 is 3.08 bits per heavy atom. The first-order chi connectivity index (χ1) is 12.2. The number of aromatic nitrogens is 3. The third kappa shape index (κ3) is 3.38. The fraction of sp³-hybridized carbons (Fsp3) is 0.250. The van der Waals surface area contributed by atoms with E-state index in [1.807, 2.05) is 36.6 Å². The molecule has 3 aromatic heterocycles. The zero-order valence-electron chi connectivity index (χ0n) is 13.4. The van der Waals surface area contributed by atoms with Gasteiger partial charge < -0.3 is 4.42 Å². The van der Waals surface area contributed by atoms with Crippen LogP contribution in [0.2, 0.25) is 0 Å². The van der Waals surface area contributed by atoms with Crippen LogP contribution in [0.15, 0.2) is 50.6 Å². The maximum absolute atomic E-state index is 12.7. The molecule has 1 amide bonds. The molecule has 1 aliphatic rings. The first-order valence-corrected chi connectivity index (χ1v) is 9.56. The number of furan rings is 1. The molecule has 0 fully saturated rings. The van der Waals surface area contributed by atoms with E-state index in [1.165, 1.54) is 16.8 Å². The summed E-state index contributed by atoms with van der Waals surface area (Å²) in [5.74, 6) is 1.58. The van der Waals surface area contributed by atoms with Crippen LogP contribution in [-0.4, -0.2) is 37.6 Å². The molecule has 1 aliphatic heterocycles. The second kappa shape index (κ2) is 6.85. The van der Waals surface area contributed by atoms with Crippen LogP contribution in [0.3, 0.4) is 0 Å². The number of hydrogen-bond donors (Lipinski definition) is 1. The second-order valence-electron chi connectivity index (χ2n) is 5.49. The highest BCUT2D eigenvalue weighted by molar-refractivity contribution is 7.99. The predicted octanol–water partition coefficient (Wildman–Crippen LogP) is 3.24. The SMILES string of the molecule is Cc1nc(SCC(=O)N2N=C(c3cccs3)CC2c2ccco2)n[nH]1. The highest BCUT2D eigenvalue weighted by Crippen LogP contribution is 2.34. The summed E-state index contributed by atoms with van der Waals surface area (Å²) in [4.78, 5) is 18.0. The molecule has 25 heavy (non-hydrogen) atoms. The van der Waals surface area contributed by atoms with Crippen LogP contribution in [0.25, 0.3) is 0 Å². The smallest absolute Gasteiger partial charge is 0.253 e. The number of thioether (sulfide) groups is 1. The first-order valence-electron chi connectivity index (χ1n) is 7.69. The Kier molecular flexibility index (Phi) is 4.41. The van der Waals surface area contributed by atoms with Crippen LogP contribution in [-0.2, 0) is 4.79 Å². The van der Waals surface area contributed by atoms with Crippen molar-refractivity contribution < 1.29 is 9.21 Å². The van der Waals surface area contributed by atoms with Gasteiger partial charge >= 0.3 is 0 Å². The first kappa shape index (κ1) is 16.1. The molecule has 1 atom stereocenters. The van der Waals surface area contributed by atoms with Gasteiger partial charge in [-0.2, -0.15) is 5.10 Å². The summed E-state index contributed by atoms with van der Waals surface area (Å²) < 4.78 is 5.53. The van der Waals surface area contributed by atoms with E-state index in [4.69, 9.17) is 4.42 Å². The maximum atomic E-state index is 12.7. The average Bonchev–Trinajstić information content (AvgIpc) is 3.38. The third-order valence-electron chi connectivity index (χ3n) is 3.74. The molecule has 4 heterocycles. The number of hydrogen-bond acceptors (Lipinski definition) is 7. The highest BCUT2D eigenvalue weighted by atomic mass is 32.2. The van der Waals surface area contributed by atoms with Crippen LogP contribution < -0.4 is 0 Å². The van der Waals surface area contributed by atoms with Crippen molar-refractivity contribution in [2.45, 2.75) is 24.5 Å². The Bertz CT molecular complexity index is 886. The van der Waals surface area contributed by atoms with Gasteiger partial charge in [-0.05, 0) is 30.5 Å². The van der Waals surface area contributed by atoms with Crippen molar-refractivity contribution in [1.82, 2.24) is 20.2 Å². The lowest BCUT2D eigenvalue weighted by molar-refractivity contribution is -0.130. The Morgan fingerprint density at radius 1 is 1.48 bits per heavy atom. The van der Waals surface area contributed by atoms with E-state index in [0.717, 1.165) is 22.2 Å². The van der Waals surface area contributed by atoms with Gasteiger partial charge in [0.25, 0.3) is 5.91 Å². The molecule has 0 bridgehead atoms. The van der Waals surface area contributed by atoms with E-state index in [2.05, 4.69) is 20.3 Å². The lowest BCUT2D eigenvalue weighted by Gasteiger charge is -2.19. The summed E-state index contributed by atoms with van der Waals surface area (Å²) in [7, 11) is 0. The molecule has 3 aromatic rings. The summed E-state index contributed by atoms with van der Waals surface area (Å²) >= 11 is 2.91. The molecule has 0 radical (unpaired) electrons. The number of aromatic amines is 1. The minimum Gasteiger partial charge on any atom is -0.467 e. The minimum absolute atomic E-state index is 0.0968. The van der Waals surface area contributed by atoms with Gasteiger partial charge in [0.05, 0.1) is 22.6 Å². The van der Waals surface area contributed by atoms with Gasteiger partial charge in [0, 0.05) is 6.42 Å². The second-order valence-corrected chi connectivity index (χ2v) is 7.38. The van der Waals surface area contributed by atoms with Gasteiger partial charge in [0.1, 0.15) is 17.6 Å². The van der Waals surface area contributed by atoms with Crippen molar-refractivity contribution in [1.29, 1.82) is 0 Å². The molecule has 0 saturated carbocycles. The molecule has 0 saturated heterocycles. The monoisotopic (exact) mass is 373 g/mol. The van der Waals surface area contributed by atoms with Gasteiger partial charge in [0.2, 0.25) is 5.16 Å². The number of hydrazone groups is 1. The molecule has 0 aromatic carbocycles. The Morgan fingerprint density at radius 2 is 2.40 bits per heavy atom.